The number of aromatic nitrogens is 2. The van der Waals surface area contributed by atoms with Gasteiger partial charge in [-0.2, -0.15) is 0 Å². The van der Waals surface area contributed by atoms with Crippen molar-refractivity contribution in [3.63, 3.8) is 0 Å². The van der Waals surface area contributed by atoms with Gasteiger partial charge in [0.15, 0.2) is 17.9 Å². The molecule has 0 spiro atoms. The molecule has 1 heterocycles. The number of phenolic OH excluding ortho intramolecular Hbond substituents is 2. The van der Waals surface area contributed by atoms with Gasteiger partial charge in [0.2, 0.25) is 82.7 Å². The topological polar surface area (TPSA) is 750 Å². The molecule has 35 N–H and O–H groups in total. The number of phenols is 2. The lowest BCUT2D eigenvalue weighted by atomic mass is 9.95. The third kappa shape index (κ3) is 37.2. The Bertz CT molecular complexity index is 3830. The highest BCUT2D eigenvalue weighted by Gasteiger charge is 2.40. The Hall–Kier alpha value is -12.4. The first-order valence-electron chi connectivity index (χ1n) is 38.5. The largest absolute Gasteiger partial charge is 0.508 e. The average Bonchev–Trinajstić information content (AvgIpc) is 1.22. The van der Waals surface area contributed by atoms with E-state index in [9.17, 15) is 82.4 Å². The minimum absolute atomic E-state index is 0.0110. The molecule has 0 saturated carbocycles. The molecule has 15 atom stereocenters. The summed E-state index contributed by atoms with van der Waals surface area (Å²) in [5.41, 5.74) is 40.6. The van der Waals surface area contributed by atoms with Crippen LogP contribution in [0.2, 0.25) is 0 Å². The molecule has 0 aliphatic rings. The van der Waals surface area contributed by atoms with E-state index in [1.165, 1.54) is 61.1 Å². The minimum Gasteiger partial charge on any atom is -0.508 e. The number of amides is 14. The molecule has 0 aliphatic carbocycles. The van der Waals surface area contributed by atoms with Gasteiger partial charge in [0, 0.05) is 51.5 Å². The second kappa shape index (κ2) is 50.7. The van der Waals surface area contributed by atoms with Crippen LogP contribution in [0, 0.1) is 34.0 Å². The van der Waals surface area contributed by atoms with Gasteiger partial charge < -0.3 is 135 Å². The molecule has 3 aromatic rings. The summed E-state index contributed by atoms with van der Waals surface area (Å²) in [5.74, 6) is -17.0. The van der Waals surface area contributed by atoms with E-state index >= 15 is 0 Å². The maximum Gasteiger partial charge on any atom is 0.245 e. The Morgan fingerprint density at radius 1 is 0.419 bits per heavy atom. The summed E-state index contributed by atoms with van der Waals surface area (Å²) in [6.07, 6.45) is -0.762. The fraction of sp³-hybridized carbons (Fsp3) is 0.568. The van der Waals surface area contributed by atoms with Gasteiger partial charge in [-0.15, -0.1) is 0 Å². The van der Waals surface area contributed by atoms with E-state index < -0.39 is 197 Å². The molecule has 43 heteroatoms. The number of hydrogen-bond acceptors (Lipinski definition) is 22. The molecule has 0 aliphatic heterocycles. The van der Waals surface area contributed by atoms with Crippen LogP contribution >= 0.6 is 0 Å². The summed E-state index contributed by atoms with van der Waals surface area (Å²) in [4.78, 5) is 203. The third-order valence-electron chi connectivity index (χ3n) is 18.8. The second-order valence-electron chi connectivity index (χ2n) is 29.1. The van der Waals surface area contributed by atoms with Crippen molar-refractivity contribution >= 4 is 101 Å². The van der Waals surface area contributed by atoms with Crippen LogP contribution in [0.1, 0.15) is 149 Å². The van der Waals surface area contributed by atoms with Crippen molar-refractivity contribution in [3.8, 4) is 11.5 Å². The molecule has 14 amide bonds. The lowest BCUT2D eigenvalue weighted by Gasteiger charge is -2.31. The summed E-state index contributed by atoms with van der Waals surface area (Å²) in [7, 11) is 0. The van der Waals surface area contributed by atoms with Crippen molar-refractivity contribution in [2.45, 2.75) is 230 Å². The molecular weight excluding hydrogens is 1520 g/mol. The lowest BCUT2D eigenvalue weighted by molar-refractivity contribution is -0.138. The van der Waals surface area contributed by atoms with Crippen molar-refractivity contribution in [3.05, 3.63) is 77.9 Å². The minimum atomic E-state index is -1.91. The highest BCUT2D eigenvalue weighted by Crippen LogP contribution is 2.19. The molecule has 117 heavy (non-hydrogen) atoms. The zero-order chi connectivity index (χ0) is 87.8. The molecule has 43 nitrogen and oxygen atoms in total. The number of primary amides is 3. The fourth-order valence-corrected chi connectivity index (χ4v) is 11.8. The van der Waals surface area contributed by atoms with Crippen molar-refractivity contribution in [1.29, 1.82) is 16.2 Å². The number of guanidine groups is 3. The predicted molar refractivity (Wildman–Crippen MR) is 429 cm³/mol. The zero-order valence-corrected chi connectivity index (χ0v) is 67.0. The number of aromatic amines is 1. The van der Waals surface area contributed by atoms with Gasteiger partial charge >= 0.3 is 0 Å². The zero-order valence-electron chi connectivity index (χ0n) is 67.0. The molecule has 0 unspecified atom stereocenters. The van der Waals surface area contributed by atoms with Crippen LogP contribution in [0.5, 0.6) is 11.5 Å². The van der Waals surface area contributed by atoms with E-state index in [1.807, 2.05) is 0 Å². The highest BCUT2D eigenvalue weighted by molar-refractivity contribution is 6.01. The number of nitrogens with zero attached hydrogens (tertiary/aromatic N) is 1. The van der Waals surface area contributed by atoms with Crippen LogP contribution < -0.4 is 115 Å². The van der Waals surface area contributed by atoms with E-state index in [4.69, 9.17) is 56.4 Å². The first-order valence-corrected chi connectivity index (χ1v) is 38.5. The smallest absolute Gasteiger partial charge is 0.245 e. The van der Waals surface area contributed by atoms with E-state index in [0.29, 0.717) is 23.2 Å². The number of nitrogens with two attached hydrogens (primary N) is 7. The summed E-state index contributed by atoms with van der Waals surface area (Å²) in [6.45, 7) is 11.2. The van der Waals surface area contributed by atoms with Crippen molar-refractivity contribution in [1.82, 2.24) is 84.4 Å². The molecule has 648 valence electrons. The highest BCUT2D eigenvalue weighted by atomic mass is 16.3. The Balaban J connectivity index is 1.98. The van der Waals surface area contributed by atoms with Gasteiger partial charge in [-0.1, -0.05) is 78.6 Å². The standard InChI is InChI=1S/C74H120N26O17/c1-8-38(5)57(98-68(114)52(32-42-21-25-45(103)26-22-42)96-65(111)53(33-43-35-85-36-89-43)94-61(107)46(75)14-11-27-86-72(79)80)69(115)97-54(34-56(77)105)66(112)95-51(30-37(3)4)67(113)99-58(39(6)9-2)70(116)100-59(40(7)101)71(117)92-49(17-13-29-88-74(83)84)63(109)90-47(15-10-18-55(76)104)62(108)91-48(16-12-28-87-73(81)82)64(110)93-50(60(78)106)31-41-19-23-44(102)24-20-41/h19-26,35-40,46-54,57-59,101-103H,8-18,27-34,75H2,1-7H3,(H2,76,104)(H2,77,105)(H2,78,106)(H,85,89)(H,90,109)(H,91,108)(H,92,117)(H,93,110)(H,94,107)(H,95,112)(H,96,111)(H,97,115)(H,98,114)(H,99,113)(H,100,116)(H4,79,80,86)(H4,81,82,87)(H4,83,84,88)/t38-,39-,40+,46-,47-,48-,49-,50-,51-,52-,53-,54-,57-,58-,59-/m0/s1. The number of H-pyrrole nitrogens is 1. The Morgan fingerprint density at radius 2 is 0.769 bits per heavy atom. The molecule has 0 fully saturated rings. The van der Waals surface area contributed by atoms with Gasteiger partial charge in [0.25, 0.3) is 0 Å². The van der Waals surface area contributed by atoms with Crippen molar-refractivity contribution in [2.75, 3.05) is 19.6 Å². The van der Waals surface area contributed by atoms with E-state index in [0.717, 1.165) is 6.92 Å². The SMILES string of the molecule is CC[C@H](C)[C@H](NC(=O)[C@H](Cc1ccc(O)cc1)NC(=O)[C@H](Cc1c[nH]cn1)NC(=O)[C@@H](N)CCCNC(=N)N)C(=O)N[C@@H](CC(N)=O)C(=O)N[C@@H](CC(C)C)C(=O)N[C@H](C(=O)N[C@H](C(=O)N[C@@H](CCCNC(=N)N)C(=O)N[C@@H](CCCC(N)=O)C(=O)N[C@@H](CCCNC(=N)N)C(=O)N[C@@H](Cc1ccc(O)cc1)C(N)=O)[C@@H](C)O)[C@@H](C)CC. The van der Waals surface area contributed by atoms with Crippen LogP contribution in [0.4, 0.5) is 0 Å². The average molecular weight is 1650 g/mol. The van der Waals surface area contributed by atoms with Crippen LogP contribution in [0.25, 0.3) is 0 Å². The van der Waals surface area contributed by atoms with Crippen molar-refractivity contribution < 1.29 is 82.4 Å². The van der Waals surface area contributed by atoms with Crippen molar-refractivity contribution in [2.24, 2.45) is 57.9 Å². The first kappa shape index (κ1) is 98.8. The number of carbonyl (C=O) groups excluding carboxylic acids is 14. The molecule has 0 saturated heterocycles. The summed E-state index contributed by atoms with van der Waals surface area (Å²) < 4.78 is 0. The molecule has 0 radical (unpaired) electrons. The number of imidazole rings is 1. The van der Waals surface area contributed by atoms with Gasteiger partial charge in [0.05, 0.1) is 30.6 Å². The van der Waals surface area contributed by atoms with Crippen LogP contribution in [0.3, 0.4) is 0 Å². The van der Waals surface area contributed by atoms with E-state index in [-0.39, 0.29) is 127 Å². The number of aromatic hydroxyl groups is 2. The molecular formula is C74H120N26O17. The Kier molecular flexibility index (Phi) is 42.8. The summed E-state index contributed by atoms with van der Waals surface area (Å²) in [5, 5.41) is 89.7. The molecule has 3 rings (SSSR count). The van der Waals surface area contributed by atoms with E-state index in [2.05, 4.69) is 84.4 Å². The maximum absolute atomic E-state index is 14.7. The quantitative estimate of drug-likeness (QED) is 0.0142. The van der Waals surface area contributed by atoms with Crippen LogP contribution in [-0.2, 0) is 86.4 Å². The number of rotatable bonds is 54. The van der Waals surface area contributed by atoms with Crippen LogP contribution in [-0.4, -0.2) is 224 Å². The number of benzene rings is 2. The molecule has 0 bridgehead atoms. The van der Waals surface area contributed by atoms with Gasteiger partial charge in [-0.25, -0.2) is 4.98 Å². The number of nitrogens with one attached hydrogen (secondary N) is 18. The van der Waals surface area contributed by atoms with Gasteiger partial charge in [-0.3, -0.25) is 83.4 Å². The number of hydrogen-bond donors (Lipinski definition) is 28. The maximum atomic E-state index is 14.7. The monoisotopic (exact) mass is 1640 g/mol. The fourth-order valence-electron chi connectivity index (χ4n) is 11.8. The number of aliphatic hydroxyl groups is 1. The lowest BCUT2D eigenvalue weighted by Crippen LogP contribution is -2.63. The van der Waals surface area contributed by atoms with Gasteiger partial charge in [-0.05, 0) is 118 Å². The number of aliphatic hydroxyl groups excluding tert-OH is 1. The second-order valence-corrected chi connectivity index (χ2v) is 29.1. The van der Waals surface area contributed by atoms with E-state index in [1.54, 1.807) is 41.5 Å². The summed E-state index contributed by atoms with van der Waals surface area (Å²) >= 11 is 0. The summed E-state index contributed by atoms with van der Waals surface area (Å²) in [6, 6.07) is -7.16. The van der Waals surface area contributed by atoms with Crippen LogP contribution in [0.15, 0.2) is 61.1 Å². The normalized spacial score (nSPS) is 14.9. The predicted octanol–water partition coefficient (Wildman–Crippen LogP) is -6.17. The Labute approximate surface area is 677 Å². The molecule has 2 aromatic carbocycles. The van der Waals surface area contributed by atoms with Gasteiger partial charge in [0.1, 0.15) is 78.0 Å². The third-order valence-corrected chi connectivity index (χ3v) is 18.8. The Morgan fingerprint density at radius 3 is 1.19 bits per heavy atom. The molecule has 1 aromatic heterocycles. The first-order chi connectivity index (χ1) is 55.1. The number of carbonyl (C=O) groups is 14.